The highest BCUT2D eigenvalue weighted by atomic mass is 16.4. The molecular formula is C22H30N2O3. The zero-order valence-corrected chi connectivity index (χ0v) is 15.9. The minimum Gasteiger partial charge on any atom is -0.481 e. The van der Waals surface area contributed by atoms with Crippen LogP contribution in [0.3, 0.4) is 0 Å². The molecule has 146 valence electrons. The first-order chi connectivity index (χ1) is 13.1. The average molecular weight is 370 g/mol. The zero-order chi connectivity index (χ0) is 18.8. The second-order valence-electron chi connectivity index (χ2n) is 8.47. The van der Waals surface area contributed by atoms with Crippen molar-refractivity contribution in [2.75, 3.05) is 32.7 Å². The van der Waals surface area contributed by atoms with E-state index in [-0.39, 0.29) is 23.7 Å². The molecule has 1 aromatic rings. The lowest BCUT2D eigenvalue weighted by atomic mass is 9.58. The van der Waals surface area contributed by atoms with E-state index < -0.39 is 11.9 Å². The topological polar surface area (TPSA) is 60.9 Å². The summed E-state index contributed by atoms with van der Waals surface area (Å²) in [5.41, 5.74) is 1.35. The molecule has 1 aromatic carbocycles. The van der Waals surface area contributed by atoms with Gasteiger partial charge in [0.15, 0.2) is 0 Å². The first-order valence-corrected chi connectivity index (χ1v) is 10.4. The fraction of sp³-hybridized carbons (Fsp3) is 0.636. The lowest BCUT2D eigenvalue weighted by Gasteiger charge is -2.48. The second kappa shape index (κ2) is 8.01. The van der Waals surface area contributed by atoms with Gasteiger partial charge in [-0.25, -0.2) is 0 Å². The number of aliphatic carboxylic acids is 1. The van der Waals surface area contributed by atoms with Crippen molar-refractivity contribution >= 4 is 11.9 Å². The van der Waals surface area contributed by atoms with E-state index in [1.807, 2.05) is 11.0 Å². The molecule has 5 rings (SSSR count). The van der Waals surface area contributed by atoms with Crippen LogP contribution >= 0.6 is 0 Å². The standard InChI is InChI=1S/C22H30N2O3/c25-21(19-17-6-8-18(9-7-17)20(19)22(26)27)24-14-12-23(13-15-24)11-10-16-4-2-1-3-5-16/h1-5,17-20H,6-15H2,(H,26,27). The van der Waals surface area contributed by atoms with Gasteiger partial charge in [-0.3, -0.25) is 14.5 Å². The van der Waals surface area contributed by atoms with Gasteiger partial charge in [0.2, 0.25) is 5.91 Å². The largest absolute Gasteiger partial charge is 0.481 e. The molecule has 2 bridgehead atoms. The van der Waals surface area contributed by atoms with Crippen molar-refractivity contribution in [2.45, 2.75) is 32.1 Å². The maximum atomic E-state index is 13.2. The molecule has 2 atom stereocenters. The number of rotatable bonds is 5. The highest BCUT2D eigenvalue weighted by molar-refractivity contribution is 5.86. The Kier molecular flexibility index (Phi) is 5.48. The maximum absolute atomic E-state index is 13.2. The van der Waals surface area contributed by atoms with Crippen LogP contribution < -0.4 is 0 Å². The van der Waals surface area contributed by atoms with Crippen molar-refractivity contribution in [3.8, 4) is 0 Å². The summed E-state index contributed by atoms with van der Waals surface area (Å²) in [4.78, 5) is 29.4. The highest BCUT2D eigenvalue weighted by Gasteiger charge is 2.51. The number of hydrogen-bond acceptors (Lipinski definition) is 3. The minimum absolute atomic E-state index is 0.111. The van der Waals surface area contributed by atoms with Crippen LogP contribution in [0.15, 0.2) is 30.3 Å². The molecule has 3 aliphatic carbocycles. The van der Waals surface area contributed by atoms with E-state index in [0.29, 0.717) is 0 Å². The van der Waals surface area contributed by atoms with Crippen molar-refractivity contribution in [3.63, 3.8) is 0 Å². The molecule has 5 heteroatoms. The normalized spacial score (nSPS) is 31.0. The molecule has 0 aromatic heterocycles. The number of carbonyl (C=O) groups excluding carboxylic acids is 1. The van der Waals surface area contributed by atoms with Crippen LogP contribution in [0, 0.1) is 23.7 Å². The van der Waals surface area contributed by atoms with Crippen LogP contribution in [0.4, 0.5) is 0 Å². The first kappa shape index (κ1) is 18.5. The number of fused-ring (bicyclic) bond motifs is 3. The minimum atomic E-state index is -0.760. The van der Waals surface area contributed by atoms with Crippen LogP contribution in [0.25, 0.3) is 0 Å². The second-order valence-corrected chi connectivity index (χ2v) is 8.47. The summed E-state index contributed by atoms with van der Waals surface area (Å²) in [5, 5.41) is 9.72. The van der Waals surface area contributed by atoms with E-state index in [1.54, 1.807) is 0 Å². The van der Waals surface area contributed by atoms with Gasteiger partial charge in [-0.15, -0.1) is 0 Å². The molecule has 1 aliphatic heterocycles. The van der Waals surface area contributed by atoms with Gasteiger partial charge in [-0.1, -0.05) is 30.3 Å². The van der Waals surface area contributed by atoms with Gasteiger partial charge in [0, 0.05) is 32.7 Å². The lowest BCUT2D eigenvalue weighted by Crippen LogP contribution is -2.56. The third kappa shape index (κ3) is 3.88. The maximum Gasteiger partial charge on any atom is 0.307 e. The van der Waals surface area contributed by atoms with Crippen LogP contribution in [0.2, 0.25) is 0 Å². The number of piperazine rings is 1. The van der Waals surface area contributed by atoms with E-state index in [2.05, 4.69) is 29.2 Å². The van der Waals surface area contributed by atoms with Crippen LogP contribution in [-0.2, 0) is 16.0 Å². The van der Waals surface area contributed by atoms with Gasteiger partial charge in [0.05, 0.1) is 11.8 Å². The fourth-order valence-electron chi connectivity index (χ4n) is 5.49. The first-order valence-electron chi connectivity index (χ1n) is 10.4. The van der Waals surface area contributed by atoms with E-state index >= 15 is 0 Å². The molecule has 5 nitrogen and oxygen atoms in total. The Labute approximate surface area is 161 Å². The molecule has 4 aliphatic rings. The molecule has 1 N–H and O–H groups in total. The molecule has 0 radical (unpaired) electrons. The van der Waals surface area contributed by atoms with Crippen LogP contribution in [0.1, 0.15) is 31.2 Å². The summed E-state index contributed by atoms with van der Waals surface area (Å²) in [5.74, 6) is -0.913. The number of nitrogens with zero attached hydrogens (tertiary/aromatic N) is 2. The summed E-state index contributed by atoms with van der Waals surface area (Å²) >= 11 is 0. The SMILES string of the molecule is O=C(O)C1C2CCC(CC2)C1C(=O)N1CCN(CCc2ccccc2)CC1. The van der Waals surface area contributed by atoms with Gasteiger partial charge in [-0.05, 0) is 49.5 Å². The molecule has 27 heavy (non-hydrogen) atoms. The summed E-state index contributed by atoms with van der Waals surface area (Å²) < 4.78 is 0. The number of carboxylic acid groups (broad SMARTS) is 1. The molecule has 1 saturated heterocycles. The van der Waals surface area contributed by atoms with E-state index in [9.17, 15) is 14.7 Å². The summed E-state index contributed by atoms with van der Waals surface area (Å²) in [6.45, 7) is 4.24. The van der Waals surface area contributed by atoms with Crippen molar-refractivity contribution < 1.29 is 14.7 Å². The Morgan fingerprint density at radius 3 is 2.07 bits per heavy atom. The predicted octanol–water partition coefficient (Wildman–Crippen LogP) is 2.51. The average Bonchev–Trinajstić information content (AvgIpc) is 2.73. The Hall–Kier alpha value is -1.88. The van der Waals surface area contributed by atoms with Crippen molar-refractivity contribution in [3.05, 3.63) is 35.9 Å². The number of carbonyl (C=O) groups is 2. The smallest absolute Gasteiger partial charge is 0.307 e. The molecule has 3 saturated carbocycles. The van der Waals surface area contributed by atoms with Crippen LogP contribution in [-0.4, -0.2) is 59.5 Å². The molecule has 4 fully saturated rings. The Morgan fingerprint density at radius 1 is 0.889 bits per heavy atom. The van der Waals surface area contributed by atoms with Crippen LogP contribution in [0.5, 0.6) is 0 Å². The quantitative estimate of drug-likeness (QED) is 0.865. The third-order valence-corrected chi connectivity index (χ3v) is 7.03. The lowest BCUT2D eigenvalue weighted by molar-refractivity contribution is -0.163. The highest BCUT2D eigenvalue weighted by Crippen LogP contribution is 2.49. The number of hydrogen-bond donors (Lipinski definition) is 1. The third-order valence-electron chi connectivity index (χ3n) is 7.03. The molecule has 1 amide bonds. The van der Waals surface area contributed by atoms with Gasteiger partial charge in [0.1, 0.15) is 0 Å². The van der Waals surface area contributed by atoms with Crippen molar-refractivity contribution in [1.29, 1.82) is 0 Å². The summed E-state index contributed by atoms with van der Waals surface area (Å²) in [6.07, 6.45) is 5.06. The molecule has 0 spiro atoms. The molecule has 2 unspecified atom stereocenters. The summed E-state index contributed by atoms with van der Waals surface area (Å²) in [6, 6.07) is 10.5. The predicted molar refractivity (Wildman–Crippen MR) is 103 cm³/mol. The Morgan fingerprint density at radius 2 is 1.48 bits per heavy atom. The molecule has 1 heterocycles. The van der Waals surface area contributed by atoms with E-state index in [0.717, 1.165) is 64.8 Å². The van der Waals surface area contributed by atoms with Crippen molar-refractivity contribution in [2.24, 2.45) is 23.7 Å². The van der Waals surface area contributed by atoms with Gasteiger partial charge in [-0.2, -0.15) is 0 Å². The Bertz CT molecular complexity index is 661. The van der Waals surface area contributed by atoms with Gasteiger partial charge >= 0.3 is 5.97 Å². The van der Waals surface area contributed by atoms with Gasteiger partial charge in [0.25, 0.3) is 0 Å². The zero-order valence-electron chi connectivity index (χ0n) is 15.9. The van der Waals surface area contributed by atoms with E-state index in [1.165, 1.54) is 5.56 Å². The monoisotopic (exact) mass is 370 g/mol. The summed E-state index contributed by atoms with van der Waals surface area (Å²) in [7, 11) is 0. The molecular weight excluding hydrogens is 340 g/mol. The van der Waals surface area contributed by atoms with Crippen molar-refractivity contribution in [1.82, 2.24) is 9.80 Å². The number of amides is 1. The van der Waals surface area contributed by atoms with E-state index in [4.69, 9.17) is 0 Å². The number of benzene rings is 1. The number of carboxylic acids is 1. The van der Waals surface area contributed by atoms with Gasteiger partial charge < -0.3 is 10.0 Å². The Balaban J connectivity index is 1.32. The fourth-order valence-corrected chi connectivity index (χ4v) is 5.49.